The first-order valence-corrected chi connectivity index (χ1v) is 7.27. The van der Waals surface area contributed by atoms with Crippen LogP contribution in [0.25, 0.3) is 0 Å². The lowest BCUT2D eigenvalue weighted by molar-refractivity contribution is -0.129. The third-order valence-corrected chi connectivity index (χ3v) is 3.28. The van der Waals surface area contributed by atoms with Gasteiger partial charge in [0, 0.05) is 13.1 Å². The number of ether oxygens (including phenoxy) is 1. The van der Waals surface area contributed by atoms with Gasteiger partial charge in [-0.1, -0.05) is 12.1 Å². The Hall–Kier alpha value is -2.11. The van der Waals surface area contributed by atoms with E-state index in [0.717, 1.165) is 5.56 Å². The van der Waals surface area contributed by atoms with Gasteiger partial charge in [0.2, 0.25) is 5.91 Å². The lowest BCUT2D eigenvalue weighted by atomic mass is 10.2. The van der Waals surface area contributed by atoms with E-state index >= 15 is 0 Å². The molecule has 0 aromatic heterocycles. The summed E-state index contributed by atoms with van der Waals surface area (Å²) in [6.07, 6.45) is -0.0475. The van der Waals surface area contributed by atoms with Crippen molar-refractivity contribution in [3.05, 3.63) is 35.6 Å². The first-order valence-electron chi connectivity index (χ1n) is 7.27. The fraction of sp³-hybridized carbons (Fsp3) is 0.500. The van der Waals surface area contributed by atoms with Crippen LogP contribution in [0.15, 0.2) is 24.3 Å². The topological polar surface area (TPSA) is 58.6 Å². The molecular weight excluding hydrogens is 287 g/mol. The molecule has 0 saturated carbocycles. The van der Waals surface area contributed by atoms with Crippen LogP contribution in [0.4, 0.5) is 9.18 Å². The predicted molar refractivity (Wildman–Crippen MR) is 79.6 cm³/mol. The number of benzene rings is 1. The standard InChI is InChI=1S/C16H21FN2O3/c1-16(2,3)22-15(21)18-13-8-9-19(14(13)20)10-11-4-6-12(17)7-5-11/h4-7,13H,8-10H2,1-3H3,(H,18,21). The smallest absolute Gasteiger partial charge is 0.408 e. The Morgan fingerprint density at radius 3 is 2.59 bits per heavy atom. The first-order chi connectivity index (χ1) is 10.2. The van der Waals surface area contributed by atoms with Crippen LogP contribution in [0.3, 0.4) is 0 Å². The van der Waals surface area contributed by atoms with E-state index in [1.54, 1.807) is 37.8 Å². The maximum absolute atomic E-state index is 12.9. The van der Waals surface area contributed by atoms with Crippen LogP contribution >= 0.6 is 0 Å². The van der Waals surface area contributed by atoms with Gasteiger partial charge in [-0.3, -0.25) is 4.79 Å². The van der Waals surface area contributed by atoms with Gasteiger partial charge in [0.25, 0.3) is 0 Å². The molecule has 1 aromatic rings. The zero-order valence-corrected chi connectivity index (χ0v) is 13.1. The minimum absolute atomic E-state index is 0.143. The molecule has 1 atom stereocenters. The molecule has 1 unspecified atom stereocenters. The molecule has 2 rings (SSSR count). The summed E-state index contributed by atoms with van der Waals surface area (Å²) in [5.41, 5.74) is 0.257. The van der Waals surface area contributed by atoms with Crippen molar-refractivity contribution < 1.29 is 18.7 Å². The van der Waals surface area contributed by atoms with E-state index in [1.807, 2.05) is 0 Å². The maximum atomic E-state index is 12.9. The molecule has 1 aliphatic heterocycles. The second-order valence-corrected chi connectivity index (χ2v) is 6.37. The van der Waals surface area contributed by atoms with Gasteiger partial charge < -0.3 is 15.0 Å². The Labute approximate surface area is 129 Å². The lowest BCUT2D eigenvalue weighted by Gasteiger charge is -2.21. The average molecular weight is 308 g/mol. The summed E-state index contributed by atoms with van der Waals surface area (Å²) >= 11 is 0. The molecule has 1 aromatic carbocycles. The number of nitrogens with zero attached hydrogens (tertiary/aromatic N) is 1. The molecule has 5 nitrogen and oxygen atoms in total. The van der Waals surface area contributed by atoms with Gasteiger partial charge in [-0.2, -0.15) is 0 Å². The van der Waals surface area contributed by atoms with Crippen LogP contribution in [0, 0.1) is 5.82 Å². The molecule has 0 aliphatic carbocycles. The number of hydrogen-bond acceptors (Lipinski definition) is 3. The highest BCUT2D eigenvalue weighted by Crippen LogP contribution is 2.16. The van der Waals surface area contributed by atoms with Crippen LogP contribution < -0.4 is 5.32 Å². The summed E-state index contributed by atoms with van der Waals surface area (Å²) in [4.78, 5) is 25.6. The summed E-state index contributed by atoms with van der Waals surface area (Å²) in [6, 6.07) is 5.47. The molecule has 1 aliphatic rings. The van der Waals surface area contributed by atoms with Crippen molar-refractivity contribution in [2.24, 2.45) is 0 Å². The highest BCUT2D eigenvalue weighted by atomic mass is 19.1. The third-order valence-electron chi connectivity index (χ3n) is 3.28. The molecule has 1 heterocycles. The van der Waals surface area contributed by atoms with Gasteiger partial charge in [0.05, 0.1) is 0 Å². The molecule has 2 amide bonds. The van der Waals surface area contributed by atoms with E-state index < -0.39 is 17.7 Å². The molecule has 1 saturated heterocycles. The molecule has 0 spiro atoms. The van der Waals surface area contributed by atoms with E-state index in [2.05, 4.69) is 5.32 Å². The number of carbonyl (C=O) groups is 2. The minimum Gasteiger partial charge on any atom is -0.444 e. The Balaban J connectivity index is 1.89. The summed E-state index contributed by atoms with van der Waals surface area (Å²) in [7, 11) is 0. The van der Waals surface area contributed by atoms with Crippen LogP contribution in [-0.4, -0.2) is 35.1 Å². The van der Waals surface area contributed by atoms with Gasteiger partial charge in [-0.05, 0) is 44.9 Å². The highest BCUT2D eigenvalue weighted by molar-refractivity contribution is 5.87. The van der Waals surface area contributed by atoms with Gasteiger partial charge in [0.15, 0.2) is 0 Å². The van der Waals surface area contributed by atoms with Crippen molar-refractivity contribution in [3.8, 4) is 0 Å². The Bertz CT molecular complexity index is 552. The quantitative estimate of drug-likeness (QED) is 0.933. The van der Waals surface area contributed by atoms with Gasteiger partial charge in [-0.25, -0.2) is 9.18 Å². The fourth-order valence-electron chi connectivity index (χ4n) is 2.29. The lowest BCUT2D eigenvalue weighted by Crippen LogP contribution is -2.43. The van der Waals surface area contributed by atoms with Gasteiger partial charge in [-0.15, -0.1) is 0 Å². The van der Waals surface area contributed by atoms with Crippen molar-refractivity contribution in [1.29, 1.82) is 0 Å². The second kappa shape index (κ2) is 6.34. The van der Waals surface area contributed by atoms with Crippen LogP contribution in [0.1, 0.15) is 32.8 Å². The summed E-state index contributed by atoms with van der Waals surface area (Å²) < 4.78 is 18.0. The van der Waals surface area contributed by atoms with E-state index in [1.165, 1.54) is 12.1 Å². The number of halogens is 1. The highest BCUT2D eigenvalue weighted by Gasteiger charge is 2.33. The number of amides is 2. The molecular formula is C16H21FN2O3. The van der Waals surface area contributed by atoms with E-state index in [9.17, 15) is 14.0 Å². The van der Waals surface area contributed by atoms with E-state index in [-0.39, 0.29) is 11.7 Å². The largest absolute Gasteiger partial charge is 0.444 e. The van der Waals surface area contributed by atoms with Crippen molar-refractivity contribution >= 4 is 12.0 Å². The number of nitrogens with one attached hydrogen (secondary N) is 1. The molecule has 22 heavy (non-hydrogen) atoms. The Morgan fingerprint density at radius 1 is 1.36 bits per heavy atom. The molecule has 120 valence electrons. The average Bonchev–Trinajstić information content (AvgIpc) is 2.72. The van der Waals surface area contributed by atoms with Crippen molar-refractivity contribution in [2.45, 2.75) is 45.4 Å². The fourth-order valence-corrected chi connectivity index (χ4v) is 2.29. The minimum atomic E-state index is -0.598. The zero-order chi connectivity index (χ0) is 16.3. The monoisotopic (exact) mass is 308 g/mol. The van der Waals surface area contributed by atoms with Gasteiger partial charge in [0.1, 0.15) is 17.5 Å². The first kappa shape index (κ1) is 16.3. The summed E-state index contributed by atoms with van der Waals surface area (Å²) in [5, 5.41) is 2.60. The molecule has 6 heteroatoms. The molecule has 0 radical (unpaired) electrons. The maximum Gasteiger partial charge on any atom is 0.408 e. The number of carbonyl (C=O) groups excluding carboxylic acids is 2. The summed E-state index contributed by atoms with van der Waals surface area (Å²) in [6.45, 7) is 6.26. The van der Waals surface area contributed by atoms with Crippen LogP contribution in [-0.2, 0) is 16.1 Å². The number of hydrogen-bond donors (Lipinski definition) is 1. The van der Waals surface area contributed by atoms with Crippen LogP contribution in [0.5, 0.6) is 0 Å². The number of alkyl carbamates (subject to hydrolysis) is 1. The summed E-state index contributed by atoms with van der Waals surface area (Å²) in [5.74, 6) is -0.448. The second-order valence-electron chi connectivity index (χ2n) is 6.37. The predicted octanol–water partition coefficient (Wildman–Crippen LogP) is 2.45. The molecule has 1 fully saturated rings. The molecule has 0 bridgehead atoms. The number of rotatable bonds is 3. The van der Waals surface area contributed by atoms with E-state index in [4.69, 9.17) is 4.74 Å². The van der Waals surface area contributed by atoms with Gasteiger partial charge >= 0.3 is 6.09 Å². The zero-order valence-electron chi connectivity index (χ0n) is 13.1. The van der Waals surface area contributed by atoms with Crippen molar-refractivity contribution in [1.82, 2.24) is 10.2 Å². The van der Waals surface area contributed by atoms with Crippen molar-refractivity contribution in [2.75, 3.05) is 6.54 Å². The normalized spacial score (nSPS) is 18.5. The van der Waals surface area contributed by atoms with Crippen LogP contribution in [0.2, 0.25) is 0 Å². The van der Waals surface area contributed by atoms with Crippen molar-refractivity contribution in [3.63, 3.8) is 0 Å². The Morgan fingerprint density at radius 2 is 2.00 bits per heavy atom. The SMILES string of the molecule is CC(C)(C)OC(=O)NC1CCN(Cc2ccc(F)cc2)C1=O. The van der Waals surface area contributed by atoms with E-state index in [0.29, 0.717) is 19.5 Å². The Kier molecular flexibility index (Phi) is 4.68. The third kappa shape index (κ3) is 4.44. The molecule has 1 N–H and O–H groups in total. The number of likely N-dealkylation sites (tertiary alicyclic amines) is 1.